The van der Waals surface area contributed by atoms with Crippen molar-refractivity contribution in [3.8, 4) is 0 Å². The SMILES string of the molecule is CCCCCCCC/C=C/C/C=C/CCCCC(=O)SCCNC(=O)CCNC(=O)C(O)C(C)(C)COP(=O)(O)OP(=O)(O)OCC1OC(n2cnc3c(N)ncnc32)C(O)C1OP(=O)(O)O. The maximum Gasteiger partial charge on any atom is 0.481 e. The lowest BCUT2D eigenvalue weighted by atomic mass is 9.87. The summed E-state index contributed by atoms with van der Waals surface area (Å²) in [4.78, 5) is 88.3. The van der Waals surface area contributed by atoms with Gasteiger partial charge in [-0.3, -0.25) is 32.5 Å². The summed E-state index contributed by atoms with van der Waals surface area (Å²) in [5, 5.41) is 26.6. The van der Waals surface area contributed by atoms with E-state index in [1.54, 1.807) is 0 Å². The number of fused-ring (bicyclic) bond motifs is 1. The van der Waals surface area contributed by atoms with Crippen LogP contribution in [0.4, 0.5) is 5.82 Å². The minimum Gasteiger partial charge on any atom is -0.386 e. The van der Waals surface area contributed by atoms with Crippen LogP contribution >= 0.6 is 35.2 Å². The maximum absolute atomic E-state index is 12.7. The van der Waals surface area contributed by atoms with Crippen molar-refractivity contribution in [1.29, 1.82) is 0 Å². The molecule has 1 aliphatic rings. The Hall–Kier alpha value is -2.96. The van der Waals surface area contributed by atoms with Crippen LogP contribution in [0.25, 0.3) is 11.2 Å². The first kappa shape index (κ1) is 58.4. The minimum absolute atomic E-state index is 0.0319. The number of aromatic nitrogens is 4. The van der Waals surface area contributed by atoms with E-state index in [1.807, 2.05) is 0 Å². The van der Waals surface area contributed by atoms with Crippen molar-refractivity contribution in [2.75, 3.05) is 37.8 Å². The predicted molar refractivity (Wildman–Crippen MR) is 246 cm³/mol. The third-order valence-electron chi connectivity index (χ3n) is 10.1. The highest BCUT2D eigenvalue weighted by Gasteiger charge is 2.50. The smallest absolute Gasteiger partial charge is 0.386 e. The van der Waals surface area contributed by atoms with Gasteiger partial charge in [0.1, 0.15) is 36.3 Å². The first-order valence-corrected chi connectivity index (χ1v) is 27.4. The molecule has 3 rings (SSSR count). The number of hydrogen-bond donors (Lipinski definition) is 9. The third-order valence-corrected chi connectivity index (χ3v) is 14.1. The Morgan fingerprint density at radius 3 is 2.25 bits per heavy atom. The molecular weight excluding hydrogens is 963 g/mol. The van der Waals surface area contributed by atoms with E-state index in [0.29, 0.717) is 12.2 Å². The highest BCUT2D eigenvalue weighted by molar-refractivity contribution is 8.13. The highest BCUT2D eigenvalue weighted by Crippen LogP contribution is 2.61. The number of imidazole rings is 1. The summed E-state index contributed by atoms with van der Waals surface area (Å²) in [6, 6.07) is 0. The summed E-state index contributed by atoms with van der Waals surface area (Å²) in [6.45, 7) is 2.76. The summed E-state index contributed by atoms with van der Waals surface area (Å²) < 4.78 is 62.4. The van der Waals surface area contributed by atoms with Crippen molar-refractivity contribution < 1.29 is 80.5 Å². The molecule has 2 amide bonds. The molecule has 2 aromatic rings. The van der Waals surface area contributed by atoms with E-state index < -0.39 is 84.6 Å². The number of aliphatic hydroxyl groups is 2. The molecule has 1 aliphatic heterocycles. The standard InChI is InChI=1S/C39H66N7O17P3S/c1-4-5-6-7-8-9-10-11-12-13-14-15-16-17-18-19-30(48)67-23-22-41-29(47)20-21-42-37(51)34(50)39(2,3)25-60-66(57,58)63-65(55,56)59-24-28-33(62-64(52,53)54)32(49)38(61-28)46-27-45-31-35(40)43-26-44-36(31)46/h11-12,14-15,26-28,32-34,38,49-50H,4-10,13,16-25H2,1-3H3,(H,41,47)(H,42,51)(H,55,56)(H,57,58)(H2,40,43,44)(H2,52,53,54)/b12-11+,15-14+. The first-order valence-electron chi connectivity index (χ1n) is 21.9. The lowest BCUT2D eigenvalue weighted by Gasteiger charge is -2.30. The quantitative estimate of drug-likeness (QED) is 0.0270. The largest absolute Gasteiger partial charge is 0.481 e. The molecule has 0 aromatic carbocycles. The van der Waals surface area contributed by atoms with Crippen LogP contribution in [-0.4, -0.2) is 123 Å². The molecule has 0 bridgehead atoms. The molecule has 0 radical (unpaired) electrons. The van der Waals surface area contributed by atoms with E-state index >= 15 is 0 Å². The Bertz CT molecular complexity index is 2090. The van der Waals surface area contributed by atoms with Crippen LogP contribution in [0.1, 0.15) is 110 Å². The van der Waals surface area contributed by atoms with Crippen molar-refractivity contribution in [3.63, 3.8) is 0 Å². The number of carbonyl (C=O) groups is 3. The predicted octanol–water partition coefficient (Wildman–Crippen LogP) is 4.48. The van der Waals surface area contributed by atoms with Crippen LogP contribution in [0.3, 0.4) is 0 Å². The van der Waals surface area contributed by atoms with E-state index in [1.165, 1.54) is 52.4 Å². The molecular formula is C39H66N7O17P3S. The van der Waals surface area contributed by atoms with E-state index in [0.717, 1.165) is 61.1 Å². The van der Waals surface area contributed by atoms with Gasteiger partial charge in [-0.15, -0.1) is 0 Å². The molecule has 0 saturated carbocycles. The van der Waals surface area contributed by atoms with Crippen LogP contribution in [0.2, 0.25) is 0 Å². The second kappa shape index (κ2) is 28.6. The lowest BCUT2D eigenvalue weighted by molar-refractivity contribution is -0.137. The summed E-state index contributed by atoms with van der Waals surface area (Å²) in [6.07, 6.45) is 14.6. The fourth-order valence-electron chi connectivity index (χ4n) is 6.45. The van der Waals surface area contributed by atoms with Gasteiger partial charge in [-0.2, -0.15) is 4.31 Å². The molecule has 2 aromatic heterocycles. The molecule has 0 aliphatic carbocycles. The molecule has 380 valence electrons. The number of unbranched alkanes of at least 4 members (excludes halogenated alkanes) is 8. The van der Waals surface area contributed by atoms with E-state index in [2.05, 4.69) is 65.6 Å². The number of aliphatic hydroxyl groups excluding tert-OH is 2. The molecule has 3 heterocycles. The Balaban J connectivity index is 1.32. The number of ether oxygens (including phenoxy) is 1. The lowest BCUT2D eigenvalue weighted by Crippen LogP contribution is -2.46. The van der Waals surface area contributed by atoms with Gasteiger partial charge in [-0.1, -0.05) is 88.9 Å². The number of thioether (sulfide) groups is 1. The number of nitrogens with two attached hydrogens (primary N) is 1. The van der Waals surface area contributed by atoms with E-state index in [-0.39, 0.29) is 41.6 Å². The Labute approximate surface area is 393 Å². The Morgan fingerprint density at radius 2 is 1.57 bits per heavy atom. The zero-order valence-corrected chi connectivity index (χ0v) is 41.4. The number of allylic oxidation sites excluding steroid dienone is 4. The zero-order valence-electron chi connectivity index (χ0n) is 37.9. The maximum atomic E-state index is 12.7. The number of carbonyl (C=O) groups excluding carboxylic acids is 3. The van der Waals surface area contributed by atoms with Crippen LogP contribution in [-0.2, 0) is 50.7 Å². The van der Waals surface area contributed by atoms with Crippen molar-refractivity contribution in [2.45, 2.75) is 135 Å². The number of amides is 2. The first-order chi connectivity index (χ1) is 31.6. The highest BCUT2D eigenvalue weighted by atomic mass is 32.2. The second-order valence-electron chi connectivity index (χ2n) is 16.3. The van der Waals surface area contributed by atoms with Crippen molar-refractivity contribution in [3.05, 3.63) is 37.0 Å². The number of phosphoric ester groups is 3. The van der Waals surface area contributed by atoms with Gasteiger partial charge < -0.3 is 50.9 Å². The molecule has 28 heteroatoms. The molecule has 7 unspecified atom stereocenters. The second-order valence-corrected chi connectivity index (χ2v) is 21.7. The number of nitrogens with zero attached hydrogens (tertiary/aromatic N) is 4. The summed E-state index contributed by atoms with van der Waals surface area (Å²) >= 11 is 1.13. The van der Waals surface area contributed by atoms with Gasteiger partial charge in [-0.05, 0) is 38.5 Å². The summed E-state index contributed by atoms with van der Waals surface area (Å²) in [7, 11) is -16.4. The van der Waals surface area contributed by atoms with Crippen molar-refractivity contribution in [2.24, 2.45) is 5.41 Å². The number of phosphoric acid groups is 3. The Morgan fingerprint density at radius 1 is 0.910 bits per heavy atom. The number of nitrogen functional groups attached to an aromatic ring is 1. The molecule has 0 spiro atoms. The van der Waals surface area contributed by atoms with Gasteiger partial charge in [0.2, 0.25) is 11.8 Å². The fourth-order valence-corrected chi connectivity index (χ4v) is 10.00. The molecule has 67 heavy (non-hydrogen) atoms. The number of anilines is 1. The van der Waals surface area contributed by atoms with Gasteiger partial charge in [0.25, 0.3) is 0 Å². The molecule has 10 N–H and O–H groups in total. The van der Waals surface area contributed by atoms with Crippen LogP contribution < -0.4 is 16.4 Å². The van der Waals surface area contributed by atoms with Crippen LogP contribution in [0.15, 0.2) is 37.0 Å². The average Bonchev–Trinajstić information content (AvgIpc) is 3.81. The monoisotopic (exact) mass is 1030 g/mol. The van der Waals surface area contributed by atoms with E-state index in [4.69, 9.17) is 19.5 Å². The molecule has 7 atom stereocenters. The van der Waals surface area contributed by atoms with Crippen molar-refractivity contribution in [1.82, 2.24) is 30.2 Å². The number of rotatable bonds is 33. The van der Waals surface area contributed by atoms with Gasteiger partial charge in [0.05, 0.1) is 19.5 Å². The van der Waals surface area contributed by atoms with Gasteiger partial charge in [-0.25, -0.2) is 28.6 Å². The average molecular weight is 1030 g/mol. The van der Waals surface area contributed by atoms with Gasteiger partial charge in [0, 0.05) is 37.1 Å². The minimum atomic E-state index is -5.58. The normalized spacial score (nSPS) is 20.3. The molecule has 24 nitrogen and oxygen atoms in total. The number of nitrogens with one attached hydrogen (secondary N) is 2. The van der Waals surface area contributed by atoms with Gasteiger partial charge in [0.15, 0.2) is 22.8 Å². The molecule has 1 fully saturated rings. The molecule has 1 saturated heterocycles. The fraction of sp³-hybridized carbons (Fsp3) is 0.692. The van der Waals surface area contributed by atoms with Gasteiger partial charge >= 0.3 is 23.5 Å². The van der Waals surface area contributed by atoms with Crippen LogP contribution in [0, 0.1) is 5.41 Å². The van der Waals surface area contributed by atoms with E-state index in [9.17, 15) is 57.9 Å². The third kappa shape index (κ3) is 21.7. The Kier molecular flexibility index (Phi) is 24.9. The summed E-state index contributed by atoms with van der Waals surface area (Å²) in [5.74, 6) is -1.06. The topological polar surface area (TPSA) is 364 Å². The van der Waals surface area contributed by atoms with Crippen LogP contribution in [0.5, 0.6) is 0 Å². The zero-order chi connectivity index (χ0) is 49.7. The van der Waals surface area contributed by atoms with Crippen molar-refractivity contribution >= 4 is 69.1 Å². The number of hydrogen-bond acceptors (Lipinski definition) is 18. The summed E-state index contributed by atoms with van der Waals surface area (Å²) in [5.41, 5.74) is 4.28.